The van der Waals surface area contributed by atoms with Crippen LogP contribution in [0.15, 0.2) is 42.7 Å². The number of nitrogens with zero attached hydrogens (tertiary/aromatic N) is 6. The molecule has 0 radical (unpaired) electrons. The highest BCUT2D eigenvalue weighted by Crippen LogP contribution is 2.28. The molecule has 1 fully saturated rings. The molecular formula is C22H28N6. The van der Waals surface area contributed by atoms with Gasteiger partial charge in [0.2, 0.25) is 0 Å². The largest absolute Gasteiger partial charge is 0.315 e. The van der Waals surface area contributed by atoms with Crippen molar-refractivity contribution in [3.63, 3.8) is 0 Å². The quantitative estimate of drug-likeness (QED) is 0.698. The molecule has 2 aliphatic rings. The summed E-state index contributed by atoms with van der Waals surface area (Å²) in [6, 6.07) is 10.7. The standard InChI is InChI=1S/C22H28N6/c1-2-7-21-24-25-22(27(21)14-3-1)19-6-4-13-26(17-19)16-18-8-10-20(11-9-18)28-15-5-12-23-28/h5,8-12,15,19H,1-4,6-7,13-14,16-17H2/t19-/m0/s1. The second kappa shape index (κ2) is 7.87. The van der Waals surface area contributed by atoms with Gasteiger partial charge < -0.3 is 4.57 Å². The molecule has 6 heteroatoms. The van der Waals surface area contributed by atoms with Crippen LogP contribution in [0.25, 0.3) is 5.69 Å². The van der Waals surface area contributed by atoms with Crippen LogP contribution in [0.4, 0.5) is 0 Å². The minimum atomic E-state index is 0.511. The van der Waals surface area contributed by atoms with Crippen molar-refractivity contribution in [2.45, 2.75) is 57.5 Å². The van der Waals surface area contributed by atoms with Crippen molar-refractivity contribution < 1.29 is 0 Å². The van der Waals surface area contributed by atoms with Crippen molar-refractivity contribution in [3.05, 3.63) is 59.9 Å². The Hall–Kier alpha value is -2.47. The first kappa shape index (κ1) is 17.6. The Morgan fingerprint density at radius 2 is 1.89 bits per heavy atom. The van der Waals surface area contributed by atoms with Crippen LogP contribution in [0.1, 0.15) is 55.2 Å². The molecule has 1 aromatic carbocycles. The second-order valence-electron chi connectivity index (χ2n) is 8.13. The molecule has 0 spiro atoms. The normalized spacial score (nSPS) is 20.6. The fourth-order valence-electron chi connectivity index (χ4n) is 4.65. The van der Waals surface area contributed by atoms with Gasteiger partial charge in [-0.3, -0.25) is 4.90 Å². The van der Waals surface area contributed by atoms with Crippen molar-refractivity contribution in [1.82, 2.24) is 29.4 Å². The third kappa shape index (κ3) is 3.61. The van der Waals surface area contributed by atoms with E-state index in [4.69, 9.17) is 0 Å². The van der Waals surface area contributed by atoms with Gasteiger partial charge in [0.1, 0.15) is 11.6 Å². The first-order valence-corrected chi connectivity index (χ1v) is 10.6. The molecule has 1 atom stereocenters. The number of aromatic nitrogens is 5. The summed E-state index contributed by atoms with van der Waals surface area (Å²) in [5.74, 6) is 2.95. The Labute approximate surface area is 166 Å². The predicted molar refractivity (Wildman–Crippen MR) is 108 cm³/mol. The zero-order valence-electron chi connectivity index (χ0n) is 16.4. The van der Waals surface area contributed by atoms with Crippen molar-refractivity contribution in [3.8, 4) is 5.69 Å². The number of hydrogen-bond acceptors (Lipinski definition) is 4. The minimum absolute atomic E-state index is 0.511. The van der Waals surface area contributed by atoms with E-state index in [1.165, 1.54) is 55.9 Å². The molecule has 1 saturated heterocycles. The molecule has 0 N–H and O–H groups in total. The number of benzene rings is 1. The van der Waals surface area contributed by atoms with Gasteiger partial charge in [0.15, 0.2) is 0 Å². The molecule has 5 rings (SSSR count). The van der Waals surface area contributed by atoms with E-state index >= 15 is 0 Å². The lowest BCUT2D eigenvalue weighted by molar-refractivity contribution is 0.194. The van der Waals surface area contributed by atoms with Crippen LogP contribution < -0.4 is 0 Å². The predicted octanol–water partition coefficient (Wildman–Crippen LogP) is 3.57. The third-order valence-electron chi connectivity index (χ3n) is 6.12. The lowest BCUT2D eigenvalue weighted by Crippen LogP contribution is -2.35. The summed E-state index contributed by atoms with van der Waals surface area (Å²) in [6.07, 6.45) is 11.2. The molecule has 0 unspecified atom stereocenters. The molecule has 28 heavy (non-hydrogen) atoms. The maximum atomic E-state index is 4.62. The maximum absolute atomic E-state index is 4.62. The summed E-state index contributed by atoms with van der Waals surface area (Å²) >= 11 is 0. The van der Waals surface area contributed by atoms with E-state index in [9.17, 15) is 0 Å². The monoisotopic (exact) mass is 376 g/mol. The Balaban J connectivity index is 1.27. The summed E-state index contributed by atoms with van der Waals surface area (Å²) in [5.41, 5.74) is 2.47. The third-order valence-corrected chi connectivity index (χ3v) is 6.12. The highest BCUT2D eigenvalue weighted by molar-refractivity contribution is 5.33. The SMILES string of the molecule is c1cnn(-c2ccc(CN3CCC[C@H](c4nnc5n4CCCCC5)C3)cc2)c1. The van der Waals surface area contributed by atoms with Gasteiger partial charge in [-0.15, -0.1) is 10.2 Å². The summed E-state index contributed by atoms with van der Waals surface area (Å²) < 4.78 is 4.33. The highest BCUT2D eigenvalue weighted by Gasteiger charge is 2.27. The average Bonchev–Trinajstić information content (AvgIpc) is 3.35. The van der Waals surface area contributed by atoms with E-state index in [2.05, 4.69) is 49.0 Å². The summed E-state index contributed by atoms with van der Waals surface area (Å²) in [4.78, 5) is 2.58. The zero-order chi connectivity index (χ0) is 18.8. The van der Waals surface area contributed by atoms with Crippen LogP contribution >= 0.6 is 0 Å². The lowest BCUT2D eigenvalue weighted by Gasteiger charge is -2.32. The first-order chi connectivity index (χ1) is 13.9. The van der Waals surface area contributed by atoms with Crippen molar-refractivity contribution in [1.29, 1.82) is 0 Å². The van der Waals surface area contributed by atoms with Crippen LogP contribution in [0, 0.1) is 0 Å². The molecule has 3 aromatic rings. The first-order valence-electron chi connectivity index (χ1n) is 10.6. The minimum Gasteiger partial charge on any atom is -0.315 e. The summed E-state index contributed by atoms with van der Waals surface area (Å²) in [7, 11) is 0. The molecule has 146 valence electrons. The fourth-order valence-corrected chi connectivity index (χ4v) is 4.65. The highest BCUT2D eigenvalue weighted by atomic mass is 15.3. The van der Waals surface area contributed by atoms with E-state index in [0.29, 0.717) is 5.92 Å². The van der Waals surface area contributed by atoms with Gasteiger partial charge in [-0.2, -0.15) is 5.10 Å². The maximum Gasteiger partial charge on any atom is 0.137 e. The number of likely N-dealkylation sites (tertiary alicyclic amines) is 1. The molecule has 4 heterocycles. The number of rotatable bonds is 4. The van der Waals surface area contributed by atoms with E-state index < -0.39 is 0 Å². The second-order valence-corrected chi connectivity index (χ2v) is 8.13. The smallest absolute Gasteiger partial charge is 0.137 e. The average molecular weight is 377 g/mol. The van der Waals surface area contributed by atoms with Gasteiger partial charge in [-0.1, -0.05) is 18.6 Å². The number of fused-ring (bicyclic) bond motifs is 1. The molecule has 0 aliphatic carbocycles. The molecule has 0 amide bonds. The molecule has 2 aliphatic heterocycles. The Morgan fingerprint density at radius 1 is 0.964 bits per heavy atom. The number of hydrogen-bond donors (Lipinski definition) is 0. The molecular weight excluding hydrogens is 348 g/mol. The Kier molecular flexibility index (Phi) is 4.95. The van der Waals surface area contributed by atoms with Gasteiger partial charge >= 0.3 is 0 Å². The van der Waals surface area contributed by atoms with Crippen LogP contribution in [0.5, 0.6) is 0 Å². The van der Waals surface area contributed by atoms with Gasteiger partial charge in [0, 0.05) is 44.4 Å². The van der Waals surface area contributed by atoms with Gasteiger partial charge in [-0.25, -0.2) is 4.68 Å². The Morgan fingerprint density at radius 3 is 2.75 bits per heavy atom. The van der Waals surface area contributed by atoms with E-state index in [1.54, 1.807) is 0 Å². The van der Waals surface area contributed by atoms with Crippen LogP contribution in [-0.4, -0.2) is 42.5 Å². The Bertz CT molecular complexity index is 896. The van der Waals surface area contributed by atoms with Gasteiger partial charge in [-0.05, 0) is 56.0 Å². The van der Waals surface area contributed by atoms with Gasteiger partial charge in [0.25, 0.3) is 0 Å². The lowest BCUT2D eigenvalue weighted by atomic mass is 9.96. The number of piperidine rings is 1. The fraction of sp³-hybridized carbons (Fsp3) is 0.500. The van der Waals surface area contributed by atoms with Crippen molar-refractivity contribution in [2.24, 2.45) is 0 Å². The van der Waals surface area contributed by atoms with Crippen LogP contribution in [0.3, 0.4) is 0 Å². The molecule has 0 bridgehead atoms. The number of aryl methyl sites for hydroxylation is 1. The van der Waals surface area contributed by atoms with Crippen molar-refractivity contribution in [2.75, 3.05) is 13.1 Å². The van der Waals surface area contributed by atoms with Crippen LogP contribution in [0.2, 0.25) is 0 Å². The zero-order valence-corrected chi connectivity index (χ0v) is 16.4. The summed E-state index contributed by atoms with van der Waals surface area (Å²) in [5, 5.41) is 13.4. The van der Waals surface area contributed by atoms with E-state index in [1.807, 2.05) is 23.1 Å². The molecule has 6 nitrogen and oxygen atoms in total. The molecule has 0 saturated carbocycles. The van der Waals surface area contributed by atoms with E-state index in [-0.39, 0.29) is 0 Å². The van der Waals surface area contributed by atoms with Crippen LogP contribution in [-0.2, 0) is 19.5 Å². The molecule has 2 aromatic heterocycles. The van der Waals surface area contributed by atoms with E-state index in [0.717, 1.165) is 31.7 Å². The van der Waals surface area contributed by atoms with Gasteiger partial charge in [0.05, 0.1) is 5.69 Å². The van der Waals surface area contributed by atoms with Crippen molar-refractivity contribution >= 4 is 0 Å². The summed E-state index contributed by atoms with van der Waals surface area (Å²) in [6.45, 7) is 4.34. The topological polar surface area (TPSA) is 51.8 Å².